The average molecular weight is 295 g/mol. The Balaban J connectivity index is 1.47. The Morgan fingerprint density at radius 1 is 0.952 bits per heavy atom. The van der Waals surface area contributed by atoms with Crippen LogP contribution in [0.4, 0.5) is 0 Å². The van der Waals surface area contributed by atoms with Crippen LogP contribution in [0.15, 0.2) is 0 Å². The molecule has 0 bridgehead atoms. The fourth-order valence-corrected chi connectivity index (χ4v) is 3.86. The number of nitrogens with zero attached hydrogens (tertiary/aromatic N) is 3. The number of hydrogen-bond donors (Lipinski definition) is 0. The molecule has 0 unspecified atom stereocenters. The number of amides is 1. The van der Waals surface area contributed by atoms with Crippen LogP contribution in [0.25, 0.3) is 0 Å². The van der Waals surface area contributed by atoms with E-state index in [0.717, 1.165) is 26.2 Å². The minimum Gasteiger partial charge on any atom is -0.378 e. The molecule has 3 rings (SSSR count). The zero-order valence-corrected chi connectivity index (χ0v) is 13.1. The highest BCUT2D eigenvalue weighted by atomic mass is 16.5. The predicted octanol–water partition coefficient (Wildman–Crippen LogP) is 0.796. The van der Waals surface area contributed by atoms with Crippen molar-refractivity contribution in [2.24, 2.45) is 0 Å². The summed E-state index contributed by atoms with van der Waals surface area (Å²) in [6.07, 6.45) is 6.63. The van der Waals surface area contributed by atoms with Crippen molar-refractivity contribution in [3.8, 4) is 0 Å². The van der Waals surface area contributed by atoms with Gasteiger partial charge in [0.1, 0.15) is 0 Å². The summed E-state index contributed by atoms with van der Waals surface area (Å²) in [7, 11) is 0. The van der Waals surface area contributed by atoms with Gasteiger partial charge in [-0.05, 0) is 45.3 Å². The number of morpholine rings is 1. The van der Waals surface area contributed by atoms with Gasteiger partial charge in [0.2, 0.25) is 5.91 Å². The second-order valence-corrected chi connectivity index (χ2v) is 6.62. The van der Waals surface area contributed by atoms with Crippen molar-refractivity contribution in [2.45, 2.75) is 38.1 Å². The molecule has 3 saturated heterocycles. The van der Waals surface area contributed by atoms with Crippen molar-refractivity contribution in [2.75, 3.05) is 59.0 Å². The van der Waals surface area contributed by atoms with Gasteiger partial charge in [-0.2, -0.15) is 0 Å². The van der Waals surface area contributed by atoms with Gasteiger partial charge < -0.3 is 9.64 Å². The van der Waals surface area contributed by atoms with Crippen molar-refractivity contribution in [3.05, 3.63) is 0 Å². The van der Waals surface area contributed by atoms with Gasteiger partial charge in [0.05, 0.1) is 19.8 Å². The number of carbonyl (C=O) groups is 1. The lowest BCUT2D eigenvalue weighted by molar-refractivity contribution is -0.137. The highest BCUT2D eigenvalue weighted by Crippen LogP contribution is 2.20. The van der Waals surface area contributed by atoms with Crippen LogP contribution in [0.5, 0.6) is 0 Å². The highest BCUT2D eigenvalue weighted by molar-refractivity contribution is 5.78. The van der Waals surface area contributed by atoms with Crippen molar-refractivity contribution >= 4 is 5.91 Å². The van der Waals surface area contributed by atoms with Crippen LogP contribution in [0.1, 0.15) is 32.1 Å². The van der Waals surface area contributed by atoms with Gasteiger partial charge in [-0.15, -0.1) is 0 Å². The molecule has 1 atom stereocenters. The minimum atomic E-state index is 0.289. The summed E-state index contributed by atoms with van der Waals surface area (Å²) in [5.41, 5.74) is 0. The molecule has 3 aliphatic rings. The van der Waals surface area contributed by atoms with E-state index in [-0.39, 0.29) is 5.91 Å². The van der Waals surface area contributed by atoms with E-state index in [2.05, 4.69) is 9.80 Å². The maximum absolute atomic E-state index is 12.4. The molecule has 0 aromatic carbocycles. The van der Waals surface area contributed by atoms with E-state index in [0.29, 0.717) is 25.8 Å². The number of ether oxygens (including phenoxy) is 1. The van der Waals surface area contributed by atoms with Gasteiger partial charge in [-0.1, -0.05) is 6.42 Å². The van der Waals surface area contributed by atoms with Gasteiger partial charge >= 0.3 is 0 Å². The van der Waals surface area contributed by atoms with Crippen molar-refractivity contribution in [1.29, 1.82) is 0 Å². The molecular weight excluding hydrogens is 266 g/mol. The quantitative estimate of drug-likeness (QED) is 0.771. The summed E-state index contributed by atoms with van der Waals surface area (Å²) in [6, 6.07) is 0.677. The van der Waals surface area contributed by atoms with Crippen molar-refractivity contribution in [3.63, 3.8) is 0 Å². The molecule has 0 radical (unpaired) electrons. The lowest BCUT2D eigenvalue weighted by Crippen LogP contribution is -2.52. The number of hydrogen-bond acceptors (Lipinski definition) is 4. The molecule has 3 aliphatic heterocycles. The smallest absolute Gasteiger partial charge is 0.236 e. The molecule has 120 valence electrons. The maximum atomic E-state index is 12.4. The number of likely N-dealkylation sites (tertiary alicyclic amines) is 2. The Morgan fingerprint density at radius 2 is 1.71 bits per heavy atom. The summed E-state index contributed by atoms with van der Waals surface area (Å²) < 4.78 is 5.32. The third kappa shape index (κ3) is 4.18. The molecule has 0 aliphatic carbocycles. The van der Waals surface area contributed by atoms with Gasteiger partial charge in [-0.25, -0.2) is 0 Å². The van der Waals surface area contributed by atoms with Gasteiger partial charge in [-0.3, -0.25) is 14.6 Å². The van der Waals surface area contributed by atoms with Crippen LogP contribution in [-0.4, -0.2) is 85.7 Å². The summed E-state index contributed by atoms with van der Waals surface area (Å²) in [4.78, 5) is 19.4. The Labute approximate surface area is 128 Å². The first-order valence-electron chi connectivity index (χ1n) is 8.65. The third-order valence-corrected chi connectivity index (χ3v) is 5.11. The van der Waals surface area contributed by atoms with Crippen molar-refractivity contribution in [1.82, 2.24) is 14.7 Å². The highest BCUT2D eigenvalue weighted by Gasteiger charge is 2.28. The molecule has 5 nitrogen and oxygen atoms in total. The molecular formula is C16H29N3O2. The summed E-state index contributed by atoms with van der Waals surface area (Å²) in [5, 5.41) is 0. The summed E-state index contributed by atoms with van der Waals surface area (Å²) in [6.45, 7) is 8.21. The van der Waals surface area contributed by atoms with E-state index >= 15 is 0 Å². The Hall–Kier alpha value is -0.650. The molecule has 0 N–H and O–H groups in total. The molecule has 5 heteroatoms. The Bertz CT molecular complexity index is 338. The molecule has 0 spiro atoms. The Morgan fingerprint density at radius 3 is 2.48 bits per heavy atom. The zero-order valence-electron chi connectivity index (χ0n) is 13.1. The monoisotopic (exact) mass is 295 g/mol. The fraction of sp³-hybridized carbons (Fsp3) is 0.938. The topological polar surface area (TPSA) is 36.0 Å². The van der Waals surface area contributed by atoms with E-state index in [9.17, 15) is 4.79 Å². The van der Waals surface area contributed by atoms with Gasteiger partial charge in [0.15, 0.2) is 0 Å². The van der Waals surface area contributed by atoms with Crippen LogP contribution < -0.4 is 0 Å². The van der Waals surface area contributed by atoms with E-state index in [1.807, 2.05) is 4.90 Å². The molecule has 21 heavy (non-hydrogen) atoms. The summed E-state index contributed by atoms with van der Waals surface area (Å²) in [5.74, 6) is 0.289. The zero-order chi connectivity index (χ0) is 14.5. The standard InChI is InChI=1S/C16H29N3O2/c20-16(19-9-11-21-12-10-19)14-17-6-4-5-15(13-17)18-7-2-1-3-8-18/h15H,1-14H2/t15-/m1/s1. The van der Waals surface area contributed by atoms with E-state index in [4.69, 9.17) is 4.74 Å². The molecule has 3 heterocycles. The normalized spacial score (nSPS) is 29.5. The second kappa shape index (κ2) is 7.56. The molecule has 3 fully saturated rings. The number of rotatable bonds is 3. The number of piperidine rings is 2. The Kier molecular flexibility index (Phi) is 5.49. The number of carbonyl (C=O) groups excluding carboxylic acids is 1. The average Bonchev–Trinajstić information content (AvgIpc) is 2.57. The van der Waals surface area contributed by atoms with E-state index in [1.165, 1.54) is 45.2 Å². The van der Waals surface area contributed by atoms with Crippen LogP contribution in [-0.2, 0) is 9.53 Å². The minimum absolute atomic E-state index is 0.289. The first-order chi connectivity index (χ1) is 10.3. The van der Waals surface area contributed by atoms with Crippen LogP contribution in [0, 0.1) is 0 Å². The van der Waals surface area contributed by atoms with Gasteiger partial charge in [0.25, 0.3) is 0 Å². The largest absolute Gasteiger partial charge is 0.378 e. The first kappa shape index (κ1) is 15.3. The second-order valence-electron chi connectivity index (χ2n) is 6.62. The van der Waals surface area contributed by atoms with Crippen LogP contribution >= 0.6 is 0 Å². The van der Waals surface area contributed by atoms with Crippen LogP contribution in [0.3, 0.4) is 0 Å². The summed E-state index contributed by atoms with van der Waals surface area (Å²) >= 11 is 0. The lowest BCUT2D eigenvalue weighted by atomic mass is 10.0. The van der Waals surface area contributed by atoms with Crippen LogP contribution in [0.2, 0.25) is 0 Å². The molecule has 0 aromatic heterocycles. The molecule has 1 amide bonds. The predicted molar refractivity (Wildman–Crippen MR) is 82.3 cm³/mol. The third-order valence-electron chi connectivity index (χ3n) is 5.11. The van der Waals surface area contributed by atoms with Crippen molar-refractivity contribution < 1.29 is 9.53 Å². The van der Waals surface area contributed by atoms with Gasteiger partial charge in [0, 0.05) is 25.7 Å². The molecule has 0 saturated carbocycles. The fourth-order valence-electron chi connectivity index (χ4n) is 3.86. The van der Waals surface area contributed by atoms with E-state index in [1.54, 1.807) is 0 Å². The maximum Gasteiger partial charge on any atom is 0.236 e. The molecule has 0 aromatic rings. The van der Waals surface area contributed by atoms with E-state index < -0.39 is 0 Å². The first-order valence-corrected chi connectivity index (χ1v) is 8.65. The SMILES string of the molecule is O=C(CN1CCC[C@@H](N2CCCCC2)C1)N1CCOCC1. The lowest BCUT2D eigenvalue weighted by Gasteiger charge is -2.41.